The summed E-state index contributed by atoms with van der Waals surface area (Å²) in [5.41, 5.74) is 1.01. The van der Waals surface area contributed by atoms with E-state index in [-0.39, 0.29) is 17.7 Å². The molecule has 1 aliphatic rings. The number of imidazole rings is 1. The molecule has 4 heterocycles. The number of rotatable bonds is 4. The Bertz CT molecular complexity index is 1260. The number of pyridine rings is 2. The highest BCUT2D eigenvalue weighted by Gasteiger charge is 2.36. The van der Waals surface area contributed by atoms with Gasteiger partial charge >= 0.3 is 6.18 Å². The summed E-state index contributed by atoms with van der Waals surface area (Å²) in [5, 5.41) is 0. The van der Waals surface area contributed by atoms with Gasteiger partial charge in [0, 0.05) is 35.8 Å². The zero-order valence-electron chi connectivity index (χ0n) is 19.6. The summed E-state index contributed by atoms with van der Waals surface area (Å²) in [5.74, 6) is 1.18. The fourth-order valence-electron chi connectivity index (χ4n) is 4.10. The fraction of sp³-hybridized carbons (Fsp3) is 0.417. The van der Waals surface area contributed by atoms with E-state index in [2.05, 4.69) is 15.0 Å². The van der Waals surface area contributed by atoms with Crippen LogP contribution in [0.25, 0.3) is 16.9 Å². The van der Waals surface area contributed by atoms with Gasteiger partial charge in [0.15, 0.2) is 0 Å². The summed E-state index contributed by atoms with van der Waals surface area (Å²) in [6, 6.07) is 5.13. The van der Waals surface area contributed by atoms with Crippen LogP contribution in [-0.2, 0) is 22.1 Å². The number of hydrogen-bond acceptors (Lipinski definition) is 6. The highest BCUT2D eigenvalue weighted by atomic mass is 19.4. The van der Waals surface area contributed by atoms with Crippen LogP contribution in [0.4, 0.5) is 13.2 Å². The molecule has 0 aliphatic carbocycles. The maximum Gasteiger partial charge on any atom is 0.418 e. The maximum absolute atomic E-state index is 13.7. The van der Waals surface area contributed by atoms with Crippen LogP contribution < -0.4 is 0 Å². The van der Waals surface area contributed by atoms with Crippen molar-refractivity contribution in [3.05, 3.63) is 53.6 Å². The van der Waals surface area contributed by atoms with Crippen LogP contribution in [0.2, 0.25) is 0 Å². The molecule has 3 aromatic rings. The number of aromatic nitrogens is 3. The van der Waals surface area contributed by atoms with Crippen LogP contribution in [0, 0.1) is 12.8 Å². The van der Waals surface area contributed by atoms with Crippen molar-refractivity contribution in [1.29, 1.82) is 0 Å². The SMILES string of the molecule is COC1=N[C@H](C(C)C)C(OC)=N[C@H]1Cc1ccc(-c2nc(C)ccc2C(F)(F)F)c2nccn12. The Labute approximate surface area is 195 Å². The molecule has 3 aromatic heterocycles. The van der Waals surface area contributed by atoms with Crippen molar-refractivity contribution >= 4 is 17.4 Å². The molecule has 0 N–H and O–H groups in total. The van der Waals surface area contributed by atoms with Gasteiger partial charge < -0.3 is 13.9 Å². The topological polar surface area (TPSA) is 73.4 Å². The summed E-state index contributed by atoms with van der Waals surface area (Å²) in [6.45, 7) is 5.71. The molecular weight excluding hydrogens is 447 g/mol. The Hall–Kier alpha value is -3.43. The van der Waals surface area contributed by atoms with Gasteiger partial charge in [-0.3, -0.25) is 4.98 Å². The minimum atomic E-state index is -4.54. The van der Waals surface area contributed by atoms with E-state index in [9.17, 15) is 13.2 Å². The van der Waals surface area contributed by atoms with Gasteiger partial charge in [-0.25, -0.2) is 15.0 Å². The molecule has 0 radical (unpaired) electrons. The number of halogens is 3. The van der Waals surface area contributed by atoms with Crippen molar-refractivity contribution in [3.63, 3.8) is 0 Å². The molecule has 2 atom stereocenters. The minimum Gasteiger partial charge on any atom is -0.483 e. The first-order chi connectivity index (χ1) is 16.1. The monoisotopic (exact) mass is 473 g/mol. The lowest BCUT2D eigenvalue weighted by molar-refractivity contribution is -0.137. The lowest BCUT2D eigenvalue weighted by atomic mass is 10.0. The summed E-state index contributed by atoms with van der Waals surface area (Å²) in [6.07, 6.45) is -0.884. The molecule has 0 bridgehead atoms. The van der Waals surface area contributed by atoms with Crippen molar-refractivity contribution < 1.29 is 22.6 Å². The molecule has 0 unspecified atom stereocenters. The molecule has 0 amide bonds. The van der Waals surface area contributed by atoms with Crippen molar-refractivity contribution in [2.45, 2.75) is 45.5 Å². The van der Waals surface area contributed by atoms with Crippen molar-refractivity contribution in [2.24, 2.45) is 15.9 Å². The van der Waals surface area contributed by atoms with Gasteiger partial charge in [0.25, 0.3) is 0 Å². The Kier molecular flexibility index (Phi) is 6.33. The van der Waals surface area contributed by atoms with E-state index in [4.69, 9.17) is 14.5 Å². The summed E-state index contributed by atoms with van der Waals surface area (Å²) < 4.78 is 53.9. The first-order valence-electron chi connectivity index (χ1n) is 10.9. The summed E-state index contributed by atoms with van der Waals surface area (Å²) in [7, 11) is 3.11. The van der Waals surface area contributed by atoms with Gasteiger partial charge in [0.05, 0.1) is 25.5 Å². The molecule has 34 heavy (non-hydrogen) atoms. The molecule has 0 spiro atoms. The van der Waals surface area contributed by atoms with E-state index in [0.717, 1.165) is 11.8 Å². The molecule has 0 saturated carbocycles. The number of aliphatic imine (C=N–C) groups is 2. The highest BCUT2D eigenvalue weighted by molar-refractivity contribution is 5.94. The molecule has 4 rings (SSSR count). The van der Waals surface area contributed by atoms with E-state index < -0.39 is 17.8 Å². The third kappa shape index (κ3) is 4.36. The zero-order valence-corrected chi connectivity index (χ0v) is 19.6. The second-order valence-electron chi connectivity index (χ2n) is 8.46. The fourth-order valence-corrected chi connectivity index (χ4v) is 4.10. The molecule has 0 fully saturated rings. The molecule has 0 saturated heterocycles. The van der Waals surface area contributed by atoms with Gasteiger partial charge in [0.2, 0.25) is 11.8 Å². The maximum atomic E-state index is 13.7. The van der Waals surface area contributed by atoms with Gasteiger partial charge in [-0.05, 0) is 37.1 Å². The zero-order chi connectivity index (χ0) is 24.6. The number of alkyl halides is 3. The third-order valence-electron chi connectivity index (χ3n) is 5.77. The van der Waals surface area contributed by atoms with Crippen LogP contribution in [0.1, 0.15) is 30.8 Å². The first kappa shape index (κ1) is 23.7. The van der Waals surface area contributed by atoms with E-state index in [0.29, 0.717) is 35.1 Å². The van der Waals surface area contributed by atoms with Crippen molar-refractivity contribution in [3.8, 4) is 11.3 Å². The highest BCUT2D eigenvalue weighted by Crippen LogP contribution is 2.37. The Balaban J connectivity index is 1.77. The quantitative estimate of drug-likeness (QED) is 0.548. The number of aryl methyl sites for hydroxylation is 1. The van der Waals surface area contributed by atoms with Crippen molar-refractivity contribution in [2.75, 3.05) is 14.2 Å². The van der Waals surface area contributed by atoms with E-state index in [1.54, 1.807) is 50.1 Å². The average Bonchev–Trinajstić information content (AvgIpc) is 3.28. The van der Waals surface area contributed by atoms with Gasteiger partial charge in [0.1, 0.15) is 17.7 Å². The van der Waals surface area contributed by atoms with E-state index >= 15 is 0 Å². The average molecular weight is 473 g/mol. The largest absolute Gasteiger partial charge is 0.483 e. The number of fused-ring (bicyclic) bond motifs is 1. The number of hydrogen-bond donors (Lipinski definition) is 0. The molecule has 1 aliphatic heterocycles. The number of methoxy groups -OCH3 is 2. The van der Waals surface area contributed by atoms with Crippen LogP contribution in [-0.4, -0.2) is 52.5 Å². The minimum absolute atomic E-state index is 0.147. The van der Waals surface area contributed by atoms with Crippen LogP contribution in [0.5, 0.6) is 0 Å². The van der Waals surface area contributed by atoms with Crippen LogP contribution in [0.3, 0.4) is 0 Å². The van der Waals surface area contributed by atoms with E-state index in [1.807, 2.05) is 13.8 Å². The van der Waals surface area contributed by atoms with Gasteiger partial charge in [-0.15, -0.1) is 0 Å². The predicted molar refractivity (Wildman–Crippen MR) is 123 cm³/mol. The lowest BCUT2D eigenvalue weighted by Gasteiger charge is -2.27. The molecular formula is C24H26F3N5O2. The second-order valence-corrected chi connectivity index (χ2v) is 8.46. The normalized spacial score (nSPS) is 18.7. The number of ether oxygens (including phenoxy) is 2. The molecule has 180 valence electrons. The molecule has 0 aromatic carbocycles. The number of nitrogens with zero attached hydrogens (tertiary/aromatic N) is 5. The third-order valence-corrected chi connectivity index (χ3v) is 5.77. The molecule has 7 nitrogen and oxygen atoms in total. The Morgan fingerprint density at radius 1 is 1.03 bits per heavy atom. The Morgan fingerprint density at radius 2 is 1.76 bits per heavy atom. The molecule has 10 heteroatoms. The summed E-state index contributed by atoms with van der Waals surface area (Å²) in [4.78, 5) is 18.0. The summed E-state index contributed by atoms with van der Waals surface area (Å²) >= 11 is 0. The van der Waals surface area contributed by atoms with Gasteiger partial charge in [-0.1, -0.05) is 13.8 Å². The Morgan fingerprint density at radius 3 is 2.41 bits per heavy atom. The standard InChI is InChI=1S/C24H26F3N5O2/c1-13(2)19-23(34-5)30-18(22(31-19)33-4)12-15-7-8-16(21-28-10-11-32(15)21)20-17(24(25,26)27)9-6-14(3)29-20/h6-11,13,18-19H,12H2,1-5H3/t18-,19+/m0/s1. The predicted octanol–water partition coefficient (Wildman–Crippen LogP) is 4.76. The van der Waals surface area contributed by atoms with Crippen LogP contribution in [0.15, 0.2) is 46.6 Å². The van der Waals surface area contributed by atoms with Crippen LogP contribution >= 0.6 is 0 Å². The lowest BCUT2D eigenvalue weighted by Crippen LogP contribution is -2.38. The second kappa shape index (κ2) is 9.08. The smallest absolute Gasteiger partial charge is 0.418 e. The van der Waals surface area contributed by atoms with Crippen molar-refractivity contribution in [1.82, 2.24) is 14.4 Å². The first-order valence-corrected chi connectivity index (χ1v) is 10.9. The van der Waals surface area contributed by atoms with Gasteiger partial charge in [-0.2, -0.15) is 13.2 Å². The van der Waals surface area contributed by atoms with E-state index in [1.165, 1.54) is 6.07 Å².